The van der Waals surface area contributed by atoms with Crippen molar-refractivity contribution >= 4 is 5.69 Å². The molecule has 22 heavy (non-hydrogen) atoms. The first-order valence-corrected chi connectivity index (χ1v) is 7.78. The van der Waals surface area contributed by atoms with Crippen LogP contribution in [0, 0.1) is 0 Å². The van der Waals surface area contributed by atoms with Crippen molar-refractivity contribution in [2.24, 2.45) is 0 Å². The minimum absolute atomic E-state index is 0.319. The maximum Gasteiger partial charge on any atom is 0.127 e. The van der Waals surface area contributed by atoms with Gasteiger partial charge >= 0.3 is 0 Å². The first-order valence-electron chi connectivity index (χ1n) is 7.78. The summed E-state index contributed by atoms with van der Waals surface area (Å²) in [7, 11) is 4.04. The van der Waals surface area contributed by atoms with E-state index in [1.165, 1.54) is 5.69 Å². The Bertz CT molecular complexity index is 465. The van der Waals surface area contributed by atoms with E-state index in [1.54, 1.807) is 0 Å². The molecule has 3 heteroatoms. The second kappa shape index (κ2) is 12.7. The van der Waals surface area contributed by atoms with E-state index in [4.69, 9.17) is 9.84 Å². The van der Waals surface area contributed by atoms with E-state index >= 15 is 0 Å². The van der Waals surface area contributed by atoms with Crippen molar-refractivity contribution in [3.8, 4) is 11.5 Å². The van der Waals surface area contributed by atoms with Gasteiger partial charge in [0.1, 0.15) is 11.5 Å². The second-order valence-electron chi connectivity index (χ2n) is 4.53. The molecule has 2 aromatic carbocycles. The predicted octanol–water partition coefficient (Wildman–Crippen LogP) is 4.96. The van der Waals surface area contributed by atoms with Crippen LogP contribution < -0.4 is 9.64 Å². The summed E-state index contributed by atoms with van der Waals surface area (Å²) in [5.41, 5.74) is 1.17. The highest BCUT2D eigenvalue weighted by Crippen LogP contribution is 2.23. The maximum absolute atomic E-state index is 7.88. The summed E-state index contributed by atoms with van der Waals surface area (Å²) in [4.78, 5) is 2.06. The first-order chi connectivity index (χ1) is 10.7. The zero-order valence-electron chi connectivity index (χ0n) is 14.4. The van der Waals surface area contributed by atoms with Gasteiger partial charge in [-0.05, 0) is 42.8 Å². The molecule has 0 aliphatic rings. The number of benzene rings is 2. The van der Waals surface area contributed by atoms with Crippen LogP contribution in [0.15, 0.2) is 54.6 Å². The van der Waals surface area contributed by atoms with E-state index in [2.05, 4.69) is 4.90 Å². The third-order valence-corrected chi connectivity index (χ3v) is 2.56. The summed E-state index contributed by atoms with van der Waals surface area (Å²) < 4.78 is 5.69. The number of ether oxygens (including phenoxy) is 1. The van der Waals surface area contributed by atoms with Crippen molar-refractivity contribution in [3.05, 3.63) is 54.6 Å². The minimum atomic E-state index is 0.319. The molecule has 0 fully saturated rings. The third kappa shape index (κ3) is 8.32. The van der Waals surface area contributed by atoms with Crippen molar-refractivity contribution in [2.75, 3.05) is 25.6 Å². The van der Waals surface area contributed by atoms with Gasteiger partial charge in [-0.25, -0.2) is 0 Å². The van der Waals surface area contributed by atoms with Gasteiger partial charge in [0.05, 0.1) is 0 Å². The average Bonchev–Trinajstić information content (AvgIpc) is 2.58. The van der Waals surface area contributed by atoms with Crippen LogP contribution >= 0.6 is 0 Å². The molecule has 1 N–H and O–H groups in total. The van der Waals surface area contributed by atoms with Gasteiger partial charge in [-0.2, -0.15) is 0 Å². The molecular formula is C19H29NO2. The van der Waals surface area contributed by atoms with Gasteiger partial charge in [-0.15, -0.1) is 0 Å². The van der Waals surface area contributed by atoms with Crippen molar-refractivity contribution in [2.45, 2.75) is 27.2 Å². The molecule has 0 aliphatic heterocycles. The van der Waals surface area contributed by atoms with Gasteiger partial charge in [0.2, 0.25) is 0 Å². The molecule has 2 rings (SSSR count). The lowest BCUT2D eigenvalue weighted by atomic mass is 10.3. The van der Waals surface area contributed by atoms with Crippen molar-refractivity contribution in [1.29, 1.82) is 0 Å². The van der Waals surface area contributed by atoms with E-state index in [0.29, 0.717) is 6.61 Å². The number of aliphatic hydroxyl groups is 1. The van der Waals surface area contributed by atoms with Crippen LogP contribution in [0.25, 0.3) is 0 Å². The van der Waals surface area contributed by atoms with Crippen LogP contribution in [0.3, 0.4) is 0 Å². The molecule has 0 unspecified atom stereocenters. The number of hydrogen-bond acceptors (Lipinski definition) is 3. The fourth-order valence-corrected chi connectivity index (χ4v) is 1.44. The van der Waals surface area contributed by atoms with Gasteiger partial charge in [-0.1, -0.05) is 39.0 Å². The van der Waals surface area contributed by atoms with E-state index in [-0.39, 0.29) is 0 Å². The molecule has 0 aliphatic carbocycles. The number of rotatable bonds is 4. The summed E-state index contributed by atoms with van der Waals surface area (Å²) in [6, 6.07) is 17.8. The van der Waals surface area contributed by atoms with Gasteiger partial charge in [0, 0.05) is 26.4 Å². The van der Waals surface area contributed by atoms with Gasteiger partial charge in [0.25, 0.3) is 0 Å². The maximum atomic E-state index is 7.88. The number of hydrogen-bond donors (Lipinski definition) is 1. The predicted molar refractivity (Wildman–Crippen MR) is 96.0 cm³/mol. The number of aliphatic hydroxyl groups excluding tert-OH is 1. The van der Waals surface area contributed by atoms with E-state index in [0.717, 1.165) is 17.9 Å². The zero-order chi connectivity index (χ0) is 16.8. The molecule has 3 nitrogen and oxygen atoms in total. The van der Waals surface area contributed by atoms with Crippen LogP contribution in [0.5, 0.6) is 11.5 Å². The number of anilines is 1. The Balaban J connectivity index is 0.000000640. The molecule has 122 valence electrons. The molecule has 0 radical (unpaired) electrons. The topological polar surface area (TPSA) is 32.7 Å². The molecule has 0 bridgehead atoms. The van der Waals surface area contributed by atoms with E-state index < -0.39 is 0 Å². The fourth-order valence-electron chi connectivity index (χ4n) is 1.44. The van der Waals surface area contributed by atoms with Crippen LogP contribution in [0.4, 0.5) is 5.69 Å². The quantitative estimate of drug-likeness (QED) is 0.866. The molecule has 0 saturated heterocycles. The van der Waals surface area contributed by atoms with Crippen molar-refractivity contribution < 1.29 is 9.84 Å². The Labute approximate surface area is 135 Å². The standard InChI is InChI=1S/C14H15NO.C3H8O.C2H6/c1-15(2)12-8-10-14(11-9-12)16-13-6-4-3-5-7-13;1-2-3-4;1-2/h3-11H,1-2H3;4H,2-3H2,1H3;1-2H3. The number of para-hydroxylation sites is 1. The lowest BCUT2D eigenvalue weighted by Gasteiger charge is -2.12. The van der Waals surface area contributed by atoms with Crippen molar-refractivity contribution in [1.82, 2.24) is 0 Å². The summed E-state index contributed by atoms with van der Waals surface area (Å²) in [6.07, 6.45) is 0.875. The zero-order valence-corrected chi connectivity index (χ0v) is 14.4. The Morgan fingerprint density at radius 2 is 1.32 bits per heavy atom. The van der Waals surface area contributed by atoms with Crippen LogP contribution in [-0.2, 0) is 0 Å². The fraction of sp³-hybridized carbons (Fsp3) is 0.368. The van der Waals surface area contributed by atoms with Gasteiger partial charge in [-0.3, -0.25) is 0 Å². The monoisotopic (exact) mass is 303 g/mol. The normalized spacial score (nSPS) is 8.82. The molecule has 2 aromatic rings. The Morgan fingerprint density at radius 1 is 0.864 bits per heavy atom. The van der Waals surface area contributed by atoms with Crippen molar-refractivity contribution in [3.63, 3.8) is 0 Å². The van der Waals surface area contributed by atoms with Crippen LogP contribution in [0.1, 0.15) is 27.2 Å². The Morgan fingerprint density at radius 3 is 1.73 bits per heavy atom. The van der Waals surface area contributed by atoms with Gasteiger partial charge in [0.15, 0.2) is 0 Å². The lowest BCUT2D eigenvalue weighted by Crippen LogP contribution is -2.07. The lowest BCUT2D eigenvalue weighted by molar-refractivity contribution is 0.295. The molecule has 0 aromatic heterocycles. The van der Waals surface area contributed by atoms with E-state index in [9.17, 15) is 0 Å². The summed E-state index contributed by atoms with van der Waals surface area (Å²) in [5.74, 6) is 1.72. The number of nitrogens with zero attached hydrogens (tertiary/aromatic N) is 1. The molecule has 0 saturated carbocycles. The average molecular weight is 303 g/mol. The van der Waals surface area contributed by atoms with Gasteiger partial charge < -0.3 is 14.7 Å². The first kappa shape index (κ1) is 20.0. The van der Waals surface area contributed by atoms with Crippen LogP contribution in [0.2, 0.25) is 0 Å². The molecule has 0 amide bonds. The van der Waals surface area contributed by atoms with E-state index in [1.807, 2.05) is 89.5 Å². The Kier molecular flexibility index (Phi) is 11.6. The summed E-state index contributed by atoms with van der Waals surface area (Å²) in [6.45, 7) is 6.25. The smallest absolute Gasteiger partial charge is 0.127 e. The van der Waals surface area contributed by atoms with Crippen LogP contribution in [-0.4, -0.2) is 25.8 Å². The molecule has 0 atom stereocenters. The SMILES string of the molecule is CC.CCCO.CN(C)c1ccc(Oc2ccccc2)cc1. The summed E-state index contributed by atoms with van der Waals surface area (Å²) in [5, 5.41) is 7.88. The highest BCUT2D eigenvalue weighted by atomic mass is 16.5. The Hall–Kier alpha value is -2.00. The highest BCUT2D eigenvalue weighted by molar-refractivity contribution is 5.48. The minimum Gasteiger partial charge on any atom is -0.457 e. The molecule has 0 heterocycles. The highest BCUT2D eigenvalue weighted by Gasteiger charge is 1.97. The third-order valence-electron chi connectivity index (χ3n) is 2.56. The molecular weight excluding hydrogens is 274 g/mol. The largest absolute Gasteiger partial charge is 0.457 e. The second-order valence-corrected chi connectivity index (χ2v) is 4.53. The summed E-state index contributed by atoms with van der Waals surface area (Å²) >= 11 is 0. The molecule has 0 spiro atoms.